The molecule has 0 spiro atoms. The van der Waals surface area contributed by atoms with Crippen molar-refractivity contribution in [3.05, 3.63) is 23.8 Å². The highest BCUT2D eigenvalue weighted by Crippen LogP contribution is 2.45. The molecule has 1 aliphatic rings. The molecule has 0 radical (unpaired) electrons. The summed E-state index contributed by atoms with van der Waals surface area (Å²) in [5.41, 5.74) is -0.463. The molecule has 1 fully saturated rings. The number of nitrogens with one attached hydrogen (secondary N) is 1. The van der Waals surface area contributed by atoms with Gasteiger partial charge in [0.05, 0.1) is 25.2 Å². The first-order valence-corrected chi connectivity index (χ1v) is 6.26. The zero-order chi connectivity index (χ0) is 14.8. The smallest absolute Gasteiger partial charge is 0.311 e. The molecule has 0 saturated heterocycles. The van der Waals surface area contributed by atoms with E-state index in [0.29, 0.717) is 29.9 Å². The highest BCUT2D eigenvalue weighted by atomic mass is 16.5. The van der Waals surface area contributed by atoms with Crippen LogP contribution in [0, 0.1) is 5.41 Å². The van der Waals surface area contributed by atoms with Crippen LogP contribution in [0.5, 0.6) is 11.5 Å². The summed E-state index contributed by atoms with van der Waals surface area (Å²) in [7, 11) is 2.98. The van der Waals surface area contributed by atoms with Gasteiger partial charge in [-0.05, 0) is 31.0 Å². The van der Waals surface area contributed by atoms with E-state index in [9.17, 15) is 9.59 Å². The lowest BCUT2D eigenvalue weighted by atomic mass is 10.1. The molecule has 1 aromatic rings. The Morgan fingerprint density at radius 1 is 1.30 bits per heavy atom. The largest absolute Gasteiger partial charge is 0.497 e. The van der Waals surface area contributed by atoms with Crippen LogP contribution in [-0.2, 0) is 4.79 Å². The Balaban J connectivity index is 2.10. The Kier molecular flexibility index (Phi) is 3.83. The predicted molar refractivity (Wildman–Crippen MR) is 71.2 cm³/mol. The van der Waals surface area contributed by atoms with E-state index < -0.39 is 11.4 Å². The Labute approximate surface area is 116 Å². The number of carboxylic acids is 1. The number of carboxylic acid groups (broad SMARTS) is 1. The van der Waals surface area contributed by atoms with Crippen molar-refractivity contribution in [2.45, 2.75) is 12.8 Å². The Bertz CT molecular complexity index is 536. The lowest BCUT2D eigenvalue weighted by Crippen LogP contribution is -2.34. The molecular weight excluding hydrogens is 262 g/mol. The van der Waals surface area contributed by atoms with Gasteiger partial charge in [0.1, 0.15) is 11.5 Å². The van der Waals surface area contributed by atoms with Gasteiger partial charge in [0, 0.05) is 6.54 Å². The van der Waals surface area contributed by atoms with E-state index in [1.807, 2.05) is 0 Å². The summed E-state index contributed by atoms with van der Waals surface area (Å²) in [4.78, 5) is 23.2. The number of hydrogen-bond acceptors (Lipinski definition) is 4. The van der Waals surface area contributed by atoms with Gasteiger partial charge in [-0.1, -0.05) is 0 Å². The van der Waals surface area contributed by atoms with Crippen molar-refractivity contribution in [3.63, 3.8) is 0 Å². The first-order valence-electron chi connectivity index (χ1n) is 6.26. The van der Waals surface area contributed by atoms with Crippen LogP contribution < -0.4 is 14.8 Å². The molecule has 1 amide bonds. The molecule has 0 unspecified atom stereocenters. The van der Waals surface area contributed by atoms with Crippen LogP contribution in [0.2, 0.25) is 0 Å². The summed E-state index contributed by atoms with van der Waals surface area (Å²) in [6.07, 6.45) is 1.19. The zero-order valence-electron chi connectivity index (χ0n) is 11.4. The molecule has 2 N–H and O–H groups in total. The van der Waals surface area contributed by atoms with E-state index in [-0.39, 0.29) is 12.5 Å². The highest BCUT2D eigenvalue weighted by Gasteiger charge is 2.50. The minimum atomic E-state index is -0.865. The second kappa shape index (κ2) is 5.40. The number of ether oxygens (including phenoxy) is 2. The van der Waals surface area contributed by atoms with Gasteiger partial charge >= 0.3 is 5.97 Å². The number of rotatable bonds is 6. The minimum Gasteiger partial charge on any atom is -0.497 e. The second-order valence-corrected chi connectivity index (χ2v) is 4.83. The minimum absolute atomic E-state index is 0.127. The lowest BCUT2D eigenvalue weighted by Gasteiger charge is -2.13. The molecule has 108 valence electrons. The highest BCUT2D eigenvalue weighted by molar-refractivity contribution is 5.97. The van der Waals surface area contributed by atoms with Crippen LogP contribution in [0.3, 0.4) is 0 Å². The molecule has 6 heteroatoms. The fraction of sp³-hybridized carbons (Fsp3) is 0.429. The SMILES string of the molecule is COc1ccc(OC)c(C(=O)NCC2(C(=O)O)CC2)c1. The second-order valence-electron chi connectivity index (χ2n) is 4.83. The topological polar surface area (TPSA) is 84.9 Å². The van der Waals surface area contributed by atoms with E-state index in [1.54, 1.807) is 18.2 Å². The maximum absolute atomic E-state index is 12.1. The van der Waals surface area contributed by atoms with E-state index in [1.165, 1.54) is 14.2 Å². The third-order valence-corrected chi connectivity index (χ3v) is 3.55. The van der Waals surface area contributed by atoms with Crippen LogP contribution in [0.25, 0.3) is 0 Å². The summed E-state index contributed by atoms with van der Waals surface area (Å²) < 4.78 is 10.2. The fourth-order valence-electron chi connectivity index (χ4n) is 1.95. The number of carbonyl (C=O) groups is 2. The maximum atomic E-state index is 12.1. The summed E-state index contributed by atoms with van der Waals surface area (Å²) >= 11 is 0. The Morgan fingerprint density at radius 3 is 2.50 bits per heavy atom. The van der Waals surface area contributed by atoms with Crippen LogP contribution in [-0.4, -0.2) is 37.7 Å². The Morgan fingerprint density at radius 2 is 2.00 bits per heavy atom. The average Bonchev–Trinajstić information content (AvgIpc) is 3.25. The quantitative estimate of drug-likeness (QED) is 0.820. The molecule has 1 aromatic carbocycles. The van der Waals surface area contributed by atoms with Gasteiger partial charge in [0.25, 0.3) is 5.91 Å². The number of benzene rings is 1. The van der Waals surface area contributed by atoms with Gasteiger partial charge in [-0.2, -0.15) is 0 Å². The average molecular weight is 279 g/mol. The summed E-state index contributed by atoms with van der Waals surface area (Å²) in [6.45, 7) is 0.127. The van der Waals surface area contributed by atoms with Crippen LogP contribution in [0.15, 0.2) is 18.2 Å². The first kappa shape index (κ1) is 14.2. The number of carbonyl (C=O) groups excluding carboxylic acids is 1. The summed E-state index contributed by atoms with van der Waals surface area (Å²) in [5.74, 6) is -0.275. The molecule has 2 rings (SSSR count). The number of amides is 1. The summed E-state index contributed by atoms with van der Waals surface area (Å²) in [6, 6.07) is 4.89. The number of aliphatic carboxylic acids is 1. The molecule has 0 bridgehead atoms. The van der Waals surface area contributed by atoms with Crippen molar-refractivity contribution in [2.75, 3.05) is 20.8 Å². The molecule has 1 aliphatic carbocycles. The number of hydrogen-bond donors (Lipinski definition) is 2. The summed E-state index contributed by atoms with van der Waals surface area (Å²) in [5, 5.41) is 11.7. The fourth-order valence-corrected chi connectivity index (χ4v) is 1.95. The van der Waals surface area contributed by atoms with Crippen LogP contribution in [0.4, 0.5) is 0 Å². The van der Waals surface area contributed by atoms with Gasteiger partial charge in [-0.15, -0.1) is 0 Å². The van der Waals surface area contributed by atoms with E-state index in [2.05, 4.69) is 5.32 Å². The van der Waals surface area contributed by atoms with Crippen molar-refractivity contribution in [2.24, 2.45) is 5.41 Å². The molecule has 0 aliphatic heterocycles. The van der Waals surface area contributed by atoms with Gasteiger partial charge in [-0.25, -0.2) is 0 Å². The molecule has 0 heterocycles. The number of methoxy groups -OCH3 is 2. The standard InChI is InChI=1S/C14H17NO5/c1-19-9-3-4-11(20-2)10(7-9)12(16)15-8-14(5-6-14)13(17)18/h3-4,7H,5-6,8H2,1-2H3,(H,15,16)(H,17,18). The molecule has 6 nitrogen and oxygen atoms in total. The molecular formula is C14H17NO5. The lowest BCUT2D eigenvalue weighted by molar-refractivity contribution is -0.143. The molecule has 0 aromatic heterocycles. The third kappa shape index (κ3) is 2.68. The maximum Gasteiger partial charge on any atom is 0.311 e. The van der Waals surface area contributed by atoms with Gasteiger partial charge in [0.15, 0.2) is 0 Å². The van der Waals surface area contributed by atoms with Crippen LogP contribution in [0.1, 0.15) is 23.2 Å². The van der Waals surface area contributed by atoms with E-state index in [0.717, 1.165) is 0 Å². The zero-order valence-corrected chi connectivity index (χ0v) is 11.4. The predicted octanol–water partition coefficient (Wildman–Crippen LogP) is 1.30. The molecule has 1 saturated carbocycles. The van der Waals surface area contributed by atoms with Gasteiger partial charge in [-0.3, -0.25) is 9.59 Å². The molecule has 0 atom stereocenters. The Hall–Kier alpha value is -2.24. The van der Waals surface area contributed by atoms with Crippen molar-refractivity contribution >= 4 is 11.9 Å². The van der Waals surface area contributed by atoms with Crippen molar-refractivity contribution in [1.82, 2.24) is 5.32 Å². The van der Waals surface area contributed by atoms with Gasteiger partial charge in [0.2, 0.25) is 0 Å². The normalized spacial score (nSPS) is 15.3. The first-order chi connectivity index (χ1) is 9.52. The monoisotopic (exact) mass is 279 g/mol. The third-order valence-electron chi connectivity index (χ3n) is 3.55. The van der Waals surface area contributed by atoms with Crippen molar-refractivity contribution in [1.29, 1.82) is 0 Å². The molecule has 20 heavy (non-hydrogen) atoms. The van der Waals surface area contributed by atoms with Crippen LogP contribution >= 0.6 is 0 Å². The van der Waals surface area contributed by atoms with Crippen molar-refractivity contribution in [3.8, 4) is 11.5 Å². The van der Waals surface area contributed by atoms with Gasteiger partial charge < -0.3 is 19.9 Å². The van der Waals surface area contributed by atoms with Crippen molar-refractivity contribution < 1.29 is 24.2 Å². The van der Waals surface area contributed by atoms with E-state index >= 15 is 0 Å². The van der Waals surface area contributed by atoms with E-state index in [4.69, 9.17) is 14.6 Å².